The van der Waals surface area contributed by atoms with Gasteiger partial charge in [-0.15, -0.1) is 11.3 Å². The van der Waals surface area contributed by atoms with Crippen molar-refractivity contribution in [1.82, 2.24) is 4.98 Å². The van der Waals surface area contributed by atoms with Crippen molar-refractivity contribution in [1.29, 1.82) is 0 Å². The molecule has 2 aromatic carbocycles. The first-order valence-electron chi connectivity index (χ1n) is 8.61. The van der Waals surface area contributed by atoms with Crippen molar-refractivity contribution >= 4 is 43.8 Å². The fraction of sp³-hybridized carbons (Fsp3) is 0.200. The third kappa shape index (κ3) is 4.40. The van der Waals surface area contributed by atoms with Crippen LogP contribution in [-0.4, -0.2) is 32.1 Å². The minimum absolute atomic E-state index is 0.322. The number of anilines is 3. The highest BCUT2D eigenvalue weighted by Gasteiger charge is 2.28. The molecule has 0 bridgehead atoms. The number of carbonyl (C=O) groups excluding carboxylic acids is 1. The molecule has 3 rings (SSSR count). The molecule has 0 spiro atoms. The zero-order chi connectivity index (χ0) is 20.3. The normalized spacial score (nSPS) is 11.2. The van der Waals surface area contributed by atoms with Gasteiger partial charge in [-0.1, -0.05) is 36.4 Å². The number of sulfonamides is 1. The van der Waals surface area contributed by atoms with E-state index < -0.39 is 10.0 Å². The van der Waals surface area contributed by atoms with Gasteiger partial charge in [0.1, 0.15) is 6.54 Å². The Labute approximate surface area is 169 Å². The zero-order valence-corrected chi connectivity index (χ0v) is 17.5. The van der Waals surface area contributed by atoms with Crippen LogP contribution in [0.3, 0.4) is 0 Å². The summed E-state index contributed by atoms with van der Waals surface area (Å²) in [4.78, 5) is 19.2. The van der Waals surface area contributed by atoms with Crippen molar-refractivity contribution in [2.24, 2.45) is 0 Å². The number of hydrogen-bond acceptors (Lipinski definition) is 5. The molecular formula is C20H21N3O3S2. The Balaban J connectivity index is 2.01. The van der Waals surface area contributed by atoms with Crippen LogP contribution in [0.15, 0.2) is 60.0 Å². The van der Waals surface area contributed by atoms with E-state index in [2.05, 4.69) is 4.98 Å². The maximum atomic E-state index is 13.3. The largest absolute Gasteiger partial charge is 0.272 e. The lowest BCUT2D eigenvalue weighted by molar-refractivity contribution is -0.116. The van der Waals surface area contributed by atoms with Gasteiger partial charge in [0.25, 0.3) is 5.91 Å². The maximum Gasteiger partial charge on any atom is 0.254 e. The van der Waals surface area contributed by atoms with Crippen LogP contribution in [0.1, 0.15) is 11.3 Å². The molecule has 0 N–H and O–H groups in total. The van der Waals surface area contributed by atoms with Crippen molar-refractivity contribution in [3.8, 4) is 0 Å². The van der Waals surface area contributed by atoms with Crippen LogP contribution in [0.4, 0.5) is 16.5 Å². The Morgan fingerprint density at radius 2 is 1.68 bits per heavy atom. The summed E-state index contributed by atoms with van der Waals surface area (Å²) >= 11 is 1.34. The Kier molecular flexibility index (Phi) is 5.81. The Bertz CT molecular complexity index is 1080. The van der Waals surface area contributed by atoms with E-state index in [9.17, 15) is 13.2 Å². The van der Waals surface area contributed by atoms with E-state index in [1.54, 1.807) is 24.3 Å². The van der Waals surface area contributed by atoms with Crippen molar-refractivity contribution < 1.29 is 13.2 Å². The van der Waals surface area contributed by atoms with Gasteiger partial charge in [-0.25, -0.2) is 13.4 Å². The molecule has 0 saturated carbocycles. The molecular weight excluding hydrogens is 394 g/mol. The Morgan fingerprint density at radius 1 is 1.04 bits per heavy atom. The topological polar surface area (TPSA) is 70.6 Å². The van der Waals surface area contributed by atoms with Crippen molar-refractivity contribution in [3.05, 3.63) is 71.2 Å². The number of thiazole rings is 1. The summed E-state index contributed by atoms with van der Waals surface area (Å²) in [5.74, 6) is -0.380. The first-order chi connectivity index (χ1) is 13.3. The van der Waals surface area contributed by atoms with E-state index >= 15 is 0 Å². The minimum Gasteiger partial charge on any atom is -0.272 e. The van der Waals surface area contributed by atoms with E-state index in [0.717, 1.165) is 21.8 Å². The van der Waals surface area contributed by atoms with Crippen LogP contribution in [0.2, 0.25) is 0 Å². The molecule has 1 amide bonds. The van der Waals surface area contributed by atoms with Gasteiger partial charge in [0.15, 0.2) is 5.13 Å². The molecule has 0 saturated heterocycles. The van der Waals surface area contributed by atoms with E-state index in [1.807, 2.05) is 49.6 Å². The number of hydrogen-bond donors (Lipinski definition) is 0. The summed E-state index contributed by atoms with van der Waals surface area (Å²) in [6, 6.07) is 16.2. The average Bonchev–Trinajstić information content (AvgIpc) is 3.06. The fourth-order valence-corrected chi connectivity index (χ4v) is 4.55. The number of amides is 1. The lowest BCUT2D eigenvalue weighted by atomic mass is 10.2. The molecule has 0 fully saturated rings. The predicted molar refractivity (Wildman–Crippen MR) is 114 cm³/mol. The first-order valence-corrected chi connectivity index (χ1v) is 11.3. The van der Waals surface area contributed by atoms with Gasteiger partial charge in [-0.05, 0) is 37.6 Å². The highest BCUT2D eigenvalue weighted by Crippen LogP contribution is 2.30. The van der Waals surface area contributed by atoms with Crippen LogP contribution in [0.25, 0.3) is 0 Å². The van der Waals surface area contributed by atoms with Gasteiger partial charge < -0.3 is 0 Å². The molecule has 3 aromatic rings. The molecule has 0 aliphatic heterocycles. The van der Waals surface area contributed by atoms with E-state index in [0.29, 0.717) is 16.5 Å². The third-order valence-corrected chi connectivity index (χ3v) is 6.20. The molecule has 6 nitrogen and oxygen atoms in total. The Hall–Kier alpha value is -2.71. The monoisotopic (exact) mass is 415 g/mol. The summed E-state index contributed by atoms with van der Waals surface area (Å²) in [5.41, 5.74) is 2.70. The minimum atomic E-state index is -3.66. The van der Waals surface area contributed by atoms with Crippen molar-refractivity contribution in [3.63, 3.8) is 0 Å². The zero-order valence-electron chi connectivity index (χ0n) is 15.9. The predicted octanol–water partition coefficient (Wildman–Crippen LogP) is 3.89. The van der Waals surface area contributed by atoms with E-state index in [1.165, 1.54) is 16.2 Å². The number of para-hydroxylation sites is 2. The number of nitrogens with zero attached hydrogens (tertiary/aromatic N) is 3. The fourth-order valence-electron chi connectivity index (χ4n) is 2.80. The number of aryl methyl sites for hydroxylation is 2. The molecule has 0 radical (unpaired) electrons. The number of benzene rings is 2. The number of carbonyl (C=O) groups is 1. The van der Waals surface area contributed by atoms with Gasteiger partial charge in [0, 0.05) is 5.38 Å². The summed E-state index contributed by atoms with van der Waals surface area (Å²) in [5, 5.41) is 2.36. The maximum absolute atomic E-state index is 13.3. The van der Waals surface area contributed by atoms with Crippen LogP contribution in [0.5, 0.6) is 0 Å². The Morgan fingerprint density at radius 3 is 2.25 bits per heavy atom. The quantitative estimate of drug-likeness (QED) is 0.612. The lowest BCUT2D eigenvalue weighted by Gasteiger charge is -2.27. The number of rotatable bonds is 6. The molecule has 1 aromatic heterocycles. The van der Waals surface area contributed by atoms with Crippen molar-refractivity contribution in [2.45, 2.75) is 13.8 Å². The molecule has 146 valence electrons. The molecule has 0 aliphatic rings. The average molecular weight is 416 g/mol. The van der Waals surface area contributed by atoms with Crippen LogP contribution in [0, 0.1) is 13.8 Å². The summed E-state index contributed by atoms with van der Waals surface area (Å²) < 4.78 is 26.1. The summed E-state index contributed by atoms with van der Waals surface area (Å²) in [6.07, 6.45) is 1.10. The summed E-state index contributed by atoms with van der Waals surface area (Å²) in [7, 11) is -3.66. The van der Waals surface area contributed by atoms with Crippen LogP contribution in [-0.2, 0) is 14.8 Å². The van der Waals surface area contributed by atoms with Gasteiger partial charge in [-0.3, -0.25) is 14.0 Å². The lowest BCUT2D eigenvalue weighted by Crippen LogP contribution is -2.41. The first kappa shape index (κ1) is 20.0. The van der Waals surface area contributed by atoms with Crippen LogP contribution < -0.4 is 9.21 Å². The molecule has 28 heavy (non-hydrogen) atoms. The second-order valence-electron chi connectivity index (χ2n) is 6.39. The highest BCUT2D eigenvalue weighted by molar-refractivity contribution is 7.92. The highest BCUT2D eigenvalue weighted by atomic mass is 32.2. The second kappa shape index (κ2) is 8.12. The summed E-state index contributed by atoms with van der Waals surface area (Å²) in [6.45, 7) is 3.35. The second-order valence-corrected chi connectivity index (χ2v) is 9.14. The van der Waals surface area contributed by atoms with E-state index in [4.69, 9.17) is 0 Å². The van der Waals surface area contributed by atoms with Crippen LogP contribution >= 0.6 is 11.3 Å². The third-order valence-electron chi connectivity index (χ3n) is 4.13. The standard InChI is InChI=1S/C20H21N3O3S2/c1-15-9-7-8-12-18(15)22(28(3,25)26)13-19(24)23(17-10-5-4-6-11-17)20-21-16(2)14-27-20/h4-12,14H,13H2,1-3H3. The molecule has 8 heteroatoms. The van der Waals surface area contributed by atoms with Crippen molar-refractivity contribution in [2.75, 3.05) is 22.0 Å². The van der Waals surface area contributed by atoms with Gasteiger partial charge in [0.05, 0.1) is 23.3 Å². The molecule has 1 heterocycles. The SMILES string of the molecule is Cc1csc(N(C(=O)CN(c2ccccc2C)S(C)(=O)=O)c2ccccc2)n1. The van der Waals surface area contributed by atoms with E-state index in [-0.39, 0.29) is 12.5 Å². The van der Waals surface area contributed by atoms with Gasteiger partial charge in [-0.2, -0.15) is 0 Å². The van der Waals surface area contributed by atoms with Gasteiger partial charge >= 0.3 is 0 Å². The molecule has 0 aliphatic carbocycles. The number of aromatic nitrogens is 1. The molecule has 0 atom stereocenters. The smallest absolute Gasteiger partial charge is 0.254 e. The van der Waals surface area contributed by atoms with Gasteiger partial charge in [0.2, 0.25) is 10.0 Å². The molecule has 0 unspecified atom stereocenters.